The van der Waals surface area contributed by atoms with E-state index in [1.54, 1.807) is 29.3 Å². The summed E-state index contributed by atoms with van der Waals surface area (Å²) in [5.41, 5.74) is 1.54. The SMILES string of the molecule is O=C([C@@H]1CCCN1C(=O)c1ccccn1)N(Cc1ccccc1)C1CC1. The molecule has 1 aromatic carbocycles. The maximum Gasteiger partial charge on any atom is 0.273 e. The van der Waals surface area contributed by atoms with Crippen LogP contribution in [-0.4, -0.2) is 45.2 Å². The third-order valence-corrected chi connectivity index (χ3v) is 5.15. The van der Waals surface area contributed by atoms with Gasteiger partial charge in [-0.05, 0) is 43.4 Å². The third kappa shape index (κ3) is 3.47. The molecule has 4 rings (SSSR count). The molecule has 26 heavy (non-hydrogen) atoms. The van der Waals surface area contributed by atoms with Crippen molar-refractivity contribution in [2.45, 2.75) is 44.3 Å². The van der Waals surface area contributed by atoms with E-state index in [1.165, 1.54) is 0 Å². The van der Waals surface area contributed by atoms with Crippen molar-refractivity contribution in [3.8, 4) is 0 Å². The first-order valence-electron chi connectivity index (χ1n) is 9.30. The molecule has 2 fully saturated rings. The smallest absolute Gasteiger partial charge is 0.273 e. The van der Waals surface area contributed by atoms with Crippen molar-refractivity contribution in [3.05, 3.63) is 66.0 Å². The molecule has 1 aliphatic carbocycles. The molecule has 5 nitrogen and oxygen atoms in total. The molecule has 2 amide bonds. The van der Waals surface area contributed by atoms with Crippen LogP contribution < -0.4 is 0 Å². The molecule has 2 aromatic rings. The molecule has 2 heterocycles. The van der Waals surface area contributed by atoms with Crippen molar-refractivity contribution in [3.63, 3.8) is 0 Å². The quantitative estimate of drug-likeness (QED) is 0.834. The lowest BCUT2D eigenvalue weighted by Crippen LogP contribution is -2.48. The first-order valence-corrected chi connectivity index (χ1v) is 9.30. The van der Waals surface area contributed by atoms with E-state index in [1.807, 2.05) is 35.2 Å². The monoisotopic (exact) mass is 349 g/mol. The molecule has 1 atom stereocenters. The topological polar surface area (TPSA) is 53.5 Å². The van der Waals surface area contributed by atoms with Gasteiger partial charge in [0.25, 0.3) is 5.91 Å². The fourth-order valence-corrected chi connectivity index (χ4v) is 3.65. The molecular formula is C21H23N3O2. The normalized spacial score (nSPS) is 19.4. The second-order valence-corrected chi connectivity index (χ2v) is 7.05. The fourth-order valence-electron chi connectivity index (χ4n) is 3.65. The number of amides is 2. The molecule has 1 saturated heterocycles. The maximum atomic E-state index is 13.3. The van der Waals surface area contributed by atoms with Crippen molar-refractivity contribution in [2.24, 2.45) is 0 Å². The Balaban J connectivity index is 1.52. The zero-order valence-corrected chi connectivity index (χ0v) is 14.8. The Bertz CT molecular complexity index is 774. The van der Waals surface area contributed by atoms with Crippen molar-refractivity contribution in [2.75, 3.05) is 6.54 Å². The standard InChI is InChI=1S/C21H23N3O2/c25-20(18-9-4-5-13-22-18)23-14-6-10-19(23)21(26)24(17-11-12-17)15-16-7-2-1-3-8-16/h1-5,7-9,13,17,19H,6,10-12,14-15H2/t19-/m0/s1. The summed E-state index contributed by atoms with van der Waals surface area (Å²) in [5.74, 6) is -0.0601. The average molecular weight is 349 g/mol. The van der Waals surface area contributed by atoms with Crippen LogP contribution in [0.1, 0.15) is 41.7 Å². The molecule has 0 radical (unpaired) electrons. The van der Waals surface area contributed by atoms with Crippen molar-refractivity contribution >= 4 is 11.8 Å². The van der Waals surface area contributed by atoms with Gasteiger partial charge in [-0.1, -0.05) is 36.4 Å². The third-order valence-electron chi connectivity index (χ3n) is 5.15. The molecule has 0 N–H and O–H groups in total. The van der Waals surface area contributed by atoms with Crippen LogP contribution in [0.2, 0.25) is 0 Å². The van der Waals surface area contributed by atoms with Crippen LogP contribution in [0.3, 0.4) is 0 Å². The number of pyridine rings is 1. The number of nitrogens with zero attached hydrogens (tertiary/aromatic N) is 3. The van der Waals surface area contributed by atoms with Crippen LogP contribution in [0, 0.1) is 0 Å². The van der Waals surface area contributed by atoms with Gasteiger partial charge in [-0.2, -0.15) is 0 Å². The minimum atomic E-state index is -0.367. The number of hydrogen-bond acceptors (Lipinski definition) is 3. The van der Waals surface area contributed by atoms with E-state index >= 15 is 0 Å². The highest BCUT2D eigenvalue weighted by molar-refractivity contribution is 5.96. The second-order valence-electron chi connectivity index (χ2n) is 7.05. The van der Waals surface area contributed by atoms with E-state index in [2.05, 4.69) is 4.98 Å². The van der Waals surface area contributed by atoms with Gasteiger partial charge in [0.1, 0.15) is 11.7 Å². The van der Waals surface area contributed by atoms with Gasteiger partial charge >= 0.3 is 0 Å². The van der Waals surface area contributed by atoms with E-state index in [0.717, 1.165) is 31.2 Å². The number of rotatable bonds is 5. The summed E-state index contributed by atoms with van der Waals surface area (Å²) < 4.78 is 0. The van der Waals surface area contributed by atoms with Crippen molar-refractivity contribution in [1.29, 1.82) is 0 Å². The van der Waals surface area contributed by atoms with E-state index in [0.29, 0.717) is 24.8 Å². The average Bonchev–Trinajstić information content (AvgIpc) is 3.42. The molecule has 5 heteroatoms. The highest BCUT2D eigenvalue weighted by Crippen LogP contribution is 2.31. The van der Waals surface area contributed by atoms with Gasteiger partial charge in [-0.3, -0.25) is 14.6 Å². The summed E-state index contributed by atoms with van der Waals surface area (Å²) in [6.45, 7) is 1.24. The number of carbonyl (C=O) groups excluding carboxylic acids is 2. The summed E-state index contributed by atoms with van der Waals surface area (Å²) in [6.07, 6.45) is 5.32. The Kier molecular flexibility index (Phi) is 4.69. The van der Waals surface area contributed by atoms with Crippen LogP contribution in [0.15, 0.2) is 54.7 Å². The second kappa shape index (κ2) is 7.28. The Labute approximate surface area is 153 Å². The largest absolute Gasteiger partial charge is 0.334 e. The molecule has 0 bridgehead atoms. The Morgan fingerprint density at radius 3 is 2.50 bits per heavy atom. The van der Waals surface area contributed by atoms with Gasteiger partial charge in [-0.25, -0.2) is 0 Å². The lowest BCUT2D eigenvalue weighted by Gasteiger charge is -2.30. The van der Waals surface area contributed by atoms with E-state index in [9.17, 15) is 9.59 Å². The van der Waals surface area contributed by atoms with Crippen LogP contribution in [0.4, 0.5) is 0 Å². The Morgan fingerprint density at radius 1 is 1.04 bits per heavy atom. The molecule has 1 aliphatic heterocycles. The number of aromatic nitrogens is 1. The zero-order valence-electron chi connectivity index (χ0n) is 14.8. The molecular weight excluding hydrogens is 326 g/mol. The van der Waals surface area contributed by atoms with Crippen LogP contribution in [0.25, 0.3) is 0 Å². The Morgan fingerprint density at radius 2 is 1.81 bits per heavy atom. The van der Waals surface area contributed by atoms with Crippen molar-refractivity contribution < 1.29 is 9.59 Å². The maximum absolute atomic E-state index is 13.3. The van der Waals surface area contributed by atoms with E-state index < -0.39 is 0 Å². The lowest BCUT2D eigenvalue weighted by molar-refractivity contribution is -0.136. The number of likely N-dealkylation sites (tertiary alicyclic amines) is 1. The summed E-state index contributed by atoms with van der Waals surface area (Å²) >= 11 is 0. The summed E-state index contributed by atoms with van der Waals surface area (Å²) in [6, 6.07) is 15.3. The van der Waals surface area contributed by atoms with Crippen LogP contribution >= 0.6 is 0 Å². The fraction of sp³-hybridized carbons (Fsp3) is 0.381. The molecule has 134 valence electrons. The highest BCUT2D eigenvalue weighted by Gasteiger charge is 2.41. The predicted molar refractivity (Wildman–Crippen MR) is 98.3 cm³/mol. The summed E-state index contributed by atoms with van der Waals surface area (Å²) in [4.78, 5) is 34.0. The van der Waals surface area contributed by atoms with Gasteiger partial charge < -0.3 is 9.80 Å². The summed E-state index contributed by atoms with van der Waals surface area (Å²) in [5, 5.41) is 0. The van der Waals surface area contributed by atoms with E-state index in [4.69, 9.17) is 0 Å². The van der Waals surface area contributed by atoms with Gasteiger partial charge in [0.05, 0.1) is 0 Å². The minimum absolute atomic E-state index is 0.0816. The number of benzene rings is 1. The number of carbonyl (C=O) groups is 2. The minimum Gasteiger partial charge on any atom is -0.334 e. The molecule has 0 spiro atoms. The zero-order chi connectivity index (χ0) is 17.9. The first kappa shape index (κ1) is 16.8. The molecule has 0 unspecified atom stereocenters. The molecule has 2 aliphatic rings. The summed E-state index contributed by atoms with van der Waals surface area (Å²) in [7, 11) is 0. The van der Waals surface area contributed by atoms with Crippen molar-refractivity contribution in [1.82, 2.24) is 14.8 Å². The van der Waals surface area contributed by atoms with Crippen LogP contribution in [-0.2, 0) is 11.3 Å². The molecule has 1 aromatic heterocycles. The first-order chi connectivity index (χ1) is 12.7. The molecule has 1 saturated carbocycles. The van der Waals surface area contributed by atoms with Gasteiger partial charge in [0.2, 0.25) is 5.91 Å². The highest BCUT2D eigenvalue weighted by atomic mass is 16.2. The van der Waals surface area contributed by atoms with Gasteiger partial charge in [0.15, 0.2) is 0 Å². The van der Waals surface area contributed by atoms with Gasteiger partial charge in [0, 0.05) is 25.3 Å². The predicted octanol–water partition coefficient (Wildman–Crippen LogP) is 2.88. The Hall–Kier alpha value is -2.69. The number of hydrogen-bond donors (Lipinski definition) is 0. The van der Waals surface area contributed by atoms with E-state index in [-0.39, 0.29) is 17.9 Å². The lowest BCUT2D eigenvalue weighted by atomic mass is 10.1. The van der Waals surface area contributed by atoms with Gasteiger partial charge in [-0.15, -0.1) is 0 Å². The van der Waals surface area contributed by atoms with Crippen LogP contribution in [0.5, 0.6) is 0 Å².